The van der Waals surface area contributed by atoms with E-state index in [4.69, 9.17) is 17.3 Å². The predicted octanol–water partition coefficient (Wildman–Crippen LogP) is 4.26. The maximum Gasteiger partial charge on any atom is 0.247 e. The third kappa shape index (κ3) is 3.03. The molecule has 0 saturated heterocycles. The van der Waals surface area contributed by atoms with Gasteiger partial charge in [0, 0.05) is 11.6 Å². The molecule has 0 unspecified atom stereocenters. The van der Waals surface area contributed by atoms with E-state index in [-0.39, 0.29) is 5.91 Å². The zero-order chi connectivity index (χ0) is 16.4. The number of nitrogens with zero attached hydrogens (tertiary/aromatic N) is 1. The van der Waals surface area contributed by atoms with Crippen molar-refractivity contribution < 1.29 is 4.79 Å². The molecule has 0 saturated carbocycles. The molecule has 1 heterocycles. The highest BCUT2D eigenvalue weighted by atomic mass is 35.5. The summed E-state index contributed by atoms with van der Waals surface area (Å²) in [6, 6.07) is 13.1. The average Bonchev–Trinajstić information content (AvgIpc) is 2.57. The largest absolute Gasteiger partial charge is 0.398 e. The van der Waals surface area contributed by atoms with Crippen LogP contribution in [0.1, 0.15) is 0 Å². The van der Waals surface area contributed by atoms with Crippen molar-refractivity contribution >= 4 is 39.8 Å². The van der Waals surface area contributed by atoms with Gasteiger partial charge in [-0.2, -0.15) is 0 Å². The number of pyridine rings is 1. The molecule has 0 radical (unpaired) electrons. The molecule has 2 aromatic carbocycles. The fourth-order valence-electron chi connectivity index (χ4n) is 2.33. The molecule has 3 rings (SSSR count). The summed E-state index contributed by atoms with van der Waals surface area (Å²) in [6.45, 7) is 3.47. The normalized spacial score (nSPS) is 10.5. The molecule has 0 spiro atoms. The van der Waals surface area contributed by atoms with Crippen LogP contribution in [0.4, 0.5) is 11.4 Å². The van der Waals surface area contributed by atoms with E-state index in [9.17, 15) is 4.79 Å². The van der Waals surface area contributed by atoms with Crippen LogP contribution in [0.2, 0.25) is 5.02 Å². The van der Waals surface area contributed by atoms with Gasteiger partial charge in [-0.05, 0) is 47.5 Å². The summed E-state index contributed by atoms with van der Waals surface area (Å²) < 4.78 is 0. The van der Waals surface area contributed by atoms with Gasteiger partial charge in [-0.1, -0.05) is 30.3 Å². The van der Waals surface area contributed by atoms with Crippen molar-refractivity contribution in [2.75, 3.05) is 11.1 Å². The number of benzene rings is 2. The molecule has 4 nitrogen and oxygen atoms in total. The van der Waals surface area contributed by atoms with Crippen molar-refractivity contribution in [1.82, 2.24) is 4.98 Å². The van der Waals surface area contributed by atoms with E-state index in [1.807, 2.05) is 30.3 Å². The Morgan fingerprint density at radius 1 is 1.17 bits per heavy atom. The maximum absolute atomic E-state index is 11.6. The summed E-state index contributed by atoms with van der Waals surface area (Å²) >= 11 is 6.10. The van der Waals surface area contributed by atoms with Gasteiger partial charge in [0.15, 0.2) is 0 Å². The molecule has 0 aliphatic rings. The summed E-state index contributed by atoms with van der Waals surface area (Å²) in [5, 5.41) is 4.14. The summed E-state index contributed by atoms with van der Waals surface area (Å²) in [4.78, 5) is 15.9. The van der Waals surface area contributed by atoms with Crippen LogP contribution in [0, 0.1) is 0 Å². The van der Waals surface area contributed by atoms with Crippen molar-refractivity contribution in [2.45, 2.75) is 0 Å². The number of hydrogen-bond acceptors (Lipinski definition) is 3. The third-order valence-electron chi connectivity index (χ3n) is 3.52. The fourth-order valence-corrected chi connectivity index (χ4v) is 2.51. The van der Waals surface area contributed by atoms with Crippen LogP contribution in [0.25, 0.3) is 22.0 Å². The number of rotatable bonds is 3. The van der Waals surface area contributed by atoms with Gasteiger partial charge in [-0.25, -0.2) is 0 Å². The molecular formula is C18H14ClN3O. The molecule has 3 N–H and O–H groups in total. The molecule has 3 aromatic rings. The second kappa shape index (κ2) is 6.10. The number of carbonyl (C=O) groups excluding carboxylic acids is 1. The first kappa shape index (κ1) is 15.1. The van der Waals surface area contributed by atoms with E-state index in [2.05, 4.69) is 16.9 Å². The first-order chi connectivity index (χ1) is 11.1. The Bertz CT molecular complexity index is 921. The lowest BCUT2D eigenvalue weighted by atomic mass is 10.0. The van der Waals surface area contributed by atoms with E-state index in [0.29, 0.717) is 16.4 Å². The number of aromatic nitrogens is 1. The van der Waals surface area contributed by atoms with Crippen LogP contribution in [0.3, 0.4) is 0 Å². The van der Waals surface area contributed by atoms with Crippen LogP contribution >= 0.6 is 11.6 Å². The average molecular weight is 324 g/mol. The van der Waals surface area contributed by atoms with Gasteiger partial charge in [-0.15, -0.1) is 0 Å². The third-order valence-corrected chi connectivity index (χ3v) is 3.85. The summed E-state index contributed by atoms with van der Waals surface area (Å²) in [7, 11) is 0. The van der Waals surface area contributed by atoms with Crippen molar-refractivity contribution in [3.8, 4) is 11.1 Å². The molecule has 0 bridgehead atoms. The van der Waals surface area contributed by atoms with E-state index in [0.717, 1.165) is 22.0 Å². The lowest BCUT2D eigenvalue weighted by Crippen LogP contribution is -2.07. The zero-order valence-electron chi connectivity index (χ0n) is 12.2. The van der Waals surface area contributed by atoms with Gasteiger partial charge in [0.2, 0.25) is 5.91 Å². The molecular weight excluding hydrogens is 310 g/mol. The van der Waals surface area contributed by atoms with E-state index in [1.54, 1.807) is 18.3 Å². The van der Waals surface area contributed by atoms with Crippen molar-refractivity contribution in [2.24, 2.45) is 0 Å². The Morgan fingerprint density at radius 3 is 2.65 bits per heavy atom. The van der Waals surface area contributed by atoms with Crippen LogP contribution in [-0.4, -0.2) is 10.9 Å². The van der Waals surface area contributed by atoms with Gasteiger partial charge in [0.25, 0.3) is 0 Å². The van der Waals surface area contributed by atoms with Crippen LogP contribution < -0.4 is 11.1 Å². The Morgan fingerprint density at radius 2 is 1.91 bits per heavy atom. The van der Waals surface area contributed by atoms with Crippen LogP contribution in [-0.2, 0) is 4.79 Å². The Kier molecular flexibility index (Phi) is 4.00. The van der Waals surface area contributed by atoms with E-state index >= 15 is 0 Å². The number of anilines is 2. The number of hydrogen-bond donors (Lipinski definition) is 2. The minimum Gasteiger partial charge on any atom is -0.398 e. The molecule has 1 aromatic heterocycles. The van der Waals surface area contributed by atoms with Crippen LogP contribution in [0.5, 0.6) is 0 Å². The quantitative estimate of drug-likeness (QED) is 0.559. The first-order valence-electron chi connectivity index (χ1n) is 6.96. The Balaban J connectivity index is 2.13. The molecule has 0 fully saturated rings. The van der Waals surface area contributed by atoms with Gasteiger partial charge < -0.3 is 11.1 Å². The van der Waals surface area contributed by atoms with Crippen LogP contribution in [0.15, 0.2) is 61.3 Å². The monoisotopic (exact) mass is 323 g/mol. The fraction of sp³-hybridized carbons (Fsp3) is 0. The predicted molar refractivity (Wildman–Crippen MR) is 95.4 cm³/mol. The lowest BCUT2D eigenvalue weighted by molar-refractivity contribution is -0.111. The highest BCUT2D eigenvalue weighted by Gasteiger charge is 2.07. The minimum absolute atomic E-state index is 0.265. The standard InChI is InChI=1S/C18H14ClN3O/c1-2-18(23)22-17-7-8-21-16-6-4-11(9-13(16)17)12-3-5-15(20)14(19)10-12/h2-10H,1,20H2,(H,21,22,23). The van der Waals surface area contributed by atoms with Gasteiger partial charge in [0.05, 0.1) is 21.9 Å². The number of fused-ring (bicyclic) bond motifs is 1. The lowest BCUT2D eigenvalue weighted by Gasteiger charge is -2.09. The number of amides is 1. The molecule has 0 aliphatic carbocycles. The van der Waals surface area contributed by atoms with Crippen molar-refractivity contribution in [3.05, 3.63) is 66.3 Å². The number of halogens is 1. The molecule has 114 valence electrons. The van der Waals surface area contributed by atoms with Gasteiger partial charge in [-0.3, -0.25) is 9.78 Å². The summed E-state index contributed by atoms with van der Waals surface area (Å²) in [5.41, 5.74) is 9.66. The van der Waals surface area contributed by atoms with Gasteiger partial charge in [0.1, 0.15) is 0 Å². The number of nitrogens with one attached hydrogen (secondary N) is 1. The SMILES string of the molecule is C=CC(=O)Nc1ccnc2ccc(-c3ccc(N)c(Cl)c3)cc12. The number of nitrogen functional groups attached to an aromatic ring is 1. The highest BCUT2D eigenvalue weighted by molar-refractivity contribution is 6.33. The van der Waals surface area contributed by atoms with E-state index in [1.165, 1.54) is 6.08 Å². The Labute approximate surface area is 138 Å². The van der Waals surface area contributed by atoms with Crippen molar-refractivity contribution in [1.29, 1.82) is 0 Å². The number of nitrogens with two attached hydrogens (primary N) is 1. The summed E-state index contributed by atoms with van der Waals surface area (Å²) in [6.07, 6.45) is 2.89. The van der Waals surface area contributed by atoms with E-state index < -0.39 is 0 Å². The first-order valence-corrected chi connectivity index (χ1v) is 7.34. The summed E-state index contributed by atoms with van der Waals surface area (Å²) in [5.74, 6) is -0.265. The van der Waals surface area contributed by atoms with Gasteiger partial charge >= 0.3 is 0 Å². The second-order valence-corrected chi connectivity index (χ2v) is 5.43. The molecule has 0 atom stereocenters. The molecule has 1 amide bonds. The number of carbonyl (C=O) groups is 1. The second-order valence-electron chi connectivity index (χ2n) is 5.02. The molecule has 23 heavy (non-hydrogen) atoms. The van der Waals surface area contributed by atoms with Crippen molar-refractivity contribution in [3.63, 3.8) is 0 Å². The topological polar surface area (TPSA) is 68.0 Å². The minimum atomic E-state index is -0.265. The highest BCUT2D eigenvalue weighted by Crippen LogP contribution is 2.31. The Hall–Kier alpha value is -2.85. The molecule has 5 heteroatoms. The smallest absolute Gasteiger partial charge is 0.247 e. The zero-order valence-corrected chi connectivity index (χ0v) is 13.0. The maximum atomic E-state index is 11.6. The molecule has 0 aliphatic heterocycles.